The molecular weight excluding hydrogens is 216 g/mol. The lowest BCUT2D eigenvalue weighted by atomic mass is 10.1. The number of hydrogen-bond acceptors (Lipinski definition) is 3. The van der Waals surface area contributed by atoms with Crippen LogP contribution >= 0.6 is 0 Å². The molecule has 0 fully saturated rings. The number of nitrogens with one attached hydrogen (secondary N) is 1. The Morgan fingerprint density at radius 3 is 2.88 bits per heavy atom. The van der Waals surface area contributed by atoms with Crippen LogP contribution in [0.15, 0.2) is 24.3 Å². The van der Waals surface area contributed by atoms with Crippen molar-refractivity contribution in [3.63, 3.8) is 0 Å². The topological polar surface area (TPSA) is 64.3 Å². The van der Waals surface area contributed by atoms with Crippen molar-refractivity contribution in [2.75, 3.05) is 19.5 Å². The average molecular weight is 236 g/mol. The van der Waals surface area contributed by atoms with Gasteiger partial charge in [-0.05, 0) is 24.6 Å². The maximum Gasteiger partial charge on any atom is 0.251 e. The van der Waals surface area contributed by atoms with E-state index in [1.807, 2.05) is 0 Å². The summed E-state index contributed by atoms with van der Waals surface area (Å²) in [7, 11) is 1.63. The molecule has 0 spiro atoms. The molecule has 1 unspecified atom stereocenters. The average Bonchev–Trinajstić information content (AvgIpc) is 2.29. The molecule has 3 N–H and O–H groups in total. The standard InChI is InChI=1S/C13H20N2O2/c1-3-5-12(9-17-2)15-13(16)10-6-4-7-11(14)8-10/h4,6-8,12H,3,5,9,14H2,1-2H3,(H,15,16). The Morgan fingerprint density at radius 2 is 2.29 bits per heavy atom. The van der Waals surface area contributed by atoms with Crippen LogP contribution in [0.3, 0.4) is 0 Å². The lowest BCUT2D eigenvalue weighted by molar-refractivity contribution is 0.0891. The van der Waals surface area contributed by atoms with E-state index in [0.717, 1.165) is 12.8 Å². The maximum absolute atomic E-state index is 11.9. The molecule has 0 saturated heterocycles. The second kappa shape index (κ2) is 6.91. The summed E-state index contributed by atoms with van der Waals surface area (Å²) >= 11 is 0. The summed E-state index contributed by atoms with van der Waals surface area (Å²) in [4.78, 5) is 11.9. The second-order valence-corrected chi connectivity index (χ2v) is 4.04. The van der Waals surface area contributed by atoms with E-state index >= 15 is 0 Å². The Kier molecular flexibility index (Phi) is 5.49. The number of nitrogen functional groups attached to an aromatic ring is 1. The van der Waals surface area contributed by atoms with Gasteiger partial charge >= 0.3 is 0 Å². The van der Waals surface area contributed by atoms with Crippen LogP contribution in [0, 0.1) is 0 Å². The van der Waals surface area contributed by atoms with Crippen molar-refractivity contribution in [3.05, 3.63) is 29.8 Å². The van der Waals surface area contributed by atoms with Crippen molar-refractivity contribution in [2.24, 2.45) is 0 Å². The zero-order valence-corrected chi connectivity index (χ0v) is 10.4. The first-order valence-electron chi connectivity index (χ1n) is 5.82. The third kappa shape index (κ3) is 4.44. The van der Waals surface area contributed by atoms with Gasteiger partial charge in [0.25, 0.3) is 5.91 Å². The van der Waals surface area contributed by atoms with Crippen LogP contribution in [-0.2, 0) is 4.74 Å². The molecule has 4 nitrogen and oxygen atoms in total. The quantitative estimate of drug-likeness (QED) is 0.740. The molecule has 0 heterocycles. The summed E-state index contributed by atoms with van der Waals surface area (Å²) in [6, 6.07) is 7.01. The molecule has 0 saturated carbocycles. The molecule has 0 aliphatic heterocycles. The van der Waals surface area contributed by atoms with Crippen LogP contribution in [0.2, 0.25) is 0 Å². The predicted octanol–water partition coefficient (Wildman–Crippen LogP) is 1.81. The normalized spacial score (nSPS) is 12.1. The first kappa shape index (κ1) is 13.5. The molecule has 0 bridgehead atoms. The van der Waals surface area contributed by atoms with Gasteiger partial charge in [-0.3, -0.25) is 4.79 Å². The van der Waals surface area contributed by atoms with Crippen molar-refractivity contribution < 1.29 is 9.53 Å². The van der Waals surface area contributed by atoms with Crippen LogP contribution in [0.1, 0.15) is 30.1 Å². The number of ether oxygens (including phenoxy) is 1. The third-order valence-electron chi connectivity index (χ3n) is 2.49. The summed E-state index contributed by atoms with van der Waals surface area (Å²) in [5.41, 5.74) is 6.82. The number of methoxy groups -OCH3 is 1. The van der Waals surface area contributed by atoms with E-state index in [1.165, 1.54) is 0 Å². The van der Waals surface area contributed by atoms with Crippen molar-refractivity contribution in [1.82, 2.24) is 5.32 Å². The van der Waals surface area contributed by atoms with Crippen LogP contribution in [0.4, 0.5) is 5.69 Å². The minimum atomic E-state index is -0.104. The van der Waals surface area contributed by atoms with E-state index in [1.54, 1.807) is 31.4 Å². The van der Waals surface area contributed by atoms with E-state index in [-0.39, 0.29) is 11.9 Å². The fraction of sp³-hybridized carbons (Fsp3) is 0.462. The maximum atomic E-state index is 11.9. The highest BCUT2D eigenvalue weighted by atomic mass is 16.5. The van der Waals surface area contributed by atoms with Gasteiger partial charge in [0.2, 0.25) is 0 Å². The molecule has 17 heavy (non-hydrogen) atoms. The summed E-state index contributed by atoms with van der Waals surface area (Å²) < 4.78 is 5.08. The summed E-state index contributed by atoms with van der Waals surface area (Å²) in [6.07, 6.45) is 1.91. The first-order valence-corrected chi connectivity index (χ1v) is 5.82. The Labute approximate surface area is 102 Å². The number of benzene rings is 1. The summed E-state index contributed by atoms with van der Waals surface area (Å²) in [6.45, 7) is 2.61. The lowest BCUT2D eigenvalue weighted by Crippen LogP contribution is -2.37. The highest BCUT2D eigenvalue weighted by Gasteiger charge is 2.12. The van der Waals surface area contributed by atoms with E-state index < -0.39 is 0 Å². The van der Waals surface area contributed by atoms with Crippen molar-refractivity contribution in [3.8, 4) is 0 Å². The van der Waals surface area contributed by atoms with E-state index in [4.69, 9.17) is 10.5 Å². The number of anilines is 1. The first-order chi connectivity index (χ1) is 8.17. The number of hydrogen-bond donors (Lipinski definition) is 2. The van der Waals surface area contributed by atoms with Crippen LogP contribution in [0.5, 0.6) is 0 Å². The lowest BCUT2D eigenvalue weighted by Gasteiger charge is -2.17. The molecular formula is C13H20N2O2. The molecule has 0 aromatic heterocycles. The molecule has 0 radical (unpaired) electrons. The Morgan fingerprint density at radius 1 is 1.53 bits per heavy atom. The molecule has 1 aromatic rings. The van der Waals surface area contributed by atoms with E-state index in [9.17, 15) is 4.79 Å². The largest absolute Gasteiger partial charge is 0.399 e. The van der Waals surface area contributed by atoms with Gasteiger partial charge in [-0.15, -0.1) is 0 Å². The van der Waals surface area contributed by atoms with E-state index in [2.05, 4.69) is 12.2 Å². The van der Waals surface area contributed by atoms with Gasteiger partial charge < -0.3 is 15.8 Å². The Bertz CT molecular complexity index is 360. The number of nitrogens with two attached hydrogens (primary N) is 1. The van der Waals surface area contributed by atoms with Crippen LogP contribution in [0.25, 0.3) is 0 Å². The molecule has 1 aromatic carbocycles. The summed E-state index contributed by atoms with van der Waals surface area (Å²) in [5, 5.41) is 2.94. The fourth-order valence-electron chi connectivity index (χ4n) is 1.70. The highest BCUT2D eigenvalue weighted by Crippen LogP contribution is 2.07. The second-order valence-electron chi connectivity index (χ2n) is 4.04. The van der Waals surface area contributed by atoms with Gasteiger partial charge in [0.15, 0.2) is 0 Å². The van der Waals surface area contributed by atoms with Gasteiger partial charge in [0.1, 0.15) is 0 Å². The van der Waals surface area contributed by atoms with Crippen molar-refractivity contribution in [1.29, 1.82) is 0 Å². The van der Waals surface area contributed by atoms with Gasteiger partial charge in [0.05, 0.1) is 12.6 Å². The SMILES string of the molecule is CCCC(COC)NC(=O)c1cccc(N)c1. The zero-order chi connectivity index (χ0) is 12.7. The van der Waals surface area contributed by atoms with Gasteiger partial charge in [0, 0.05) is 18.4 Å². The summed E-state index contributed by atoms with van der Waals surface area (Å²) in [5.74, 6) is -0.104. The fourth-order valence-corrected chi connectivity index (χ4v) is 1.70. The smallest absolute Gasteiger partial charge is 0.251 e. The molecule has 1 amide bonds. The predicted molar refractivity (Wildman–Crippen MR) is 68.9 cm³/mol. The third-order valence-corrected chi connectivity index (χ3v) is 2.49. The van der Waals surface area contributed by atoms with Gasteiger partial charge in [-0.2, -0.15) is 0 Å². The molecule has 1 rings (SSSR count). The molecule has 1 atom stereocenters. The van der Waals surface area contributed by atoms with Gasteiger partial charge in [-0.25, -0.2) is 0 Å². The van der Waals surface area contributed by atoms with Crippen LogP contribution in [-0.4, -0.2) is 25.7 Å². The number of carbonyl (C=O) groups excluding carboxylic acids is 1. The van der Waals surface area contributed by atoms with Crippen molar-refractivity contribution in [2.45, 2.75) is 25.8 Å². The molecule has 94 valence electrons. The van der Waals surface area contributed by atoms with E-state index in [0.29, 0.717) is 17.9 Å². The molecule has 4 heteroatoms. The van der Waals surface area contributed by atoms with Crippen LogP contribution < -0.4 is 11.1 Å². The number of rotatable bonds is 6. The molecule has 0 aliphatic rings. The zero-order valence-electron chi connectivity index (χ0n) is 10.4. The minimum absolute atomic E-state index is 0.0546. The minimum Gasteiger partial charge on any atom is -0.399 e. The Hall–Kier alpha value is -1.55. The highest BCUT2D eigenvalue weighted by molar-refractivity contribution is 5.95. The number of carbonyl (C=O) groups is 1. The Balaban J connectivity index is 2.63. The van der Waals surface area contributed by atoms with Crippen molar-refractivity contribution >= 4 is 11.6 Å². The monoisotopic (exact) mass is 236 g/mol. The number of amides is 1. The molecule has 0 aliphatic carbocycles. The van der Waals surface area contributed by atoms with Gasteiger partial charge in [-0.1, -0.05) is 19.4 Å².